The van der Waals surface area contributed by atoms with Gasteiger partial charge in [0.2, 0.25) is 5.95 Å². The topological polar surface area (TPSA) is 120 Å². The van der Waals surface area contributed by atoms with Gasteiger partial charge in [0, 0.05) is 6.20 Å². The summed E-state index contributed by atoms with van der Waals surface area (Å²) in [5.74, 6) is -1.76. The number of H-pyrrole nitrogens is 1. The van der Waals surface area contributed by atoms with Crippen LogP contribution in [0.4, 0.5) is 4.39 Å². The van der Waals surface area contributed by atoms with E-state index < -0.39 is 17.5 Å². The third-order valence-electron chi connectivity index (χ3n) is 4.06. The number of amides is 1. The van der Waals surface area contributed by atoms with Crippen LogP contribution >= 0.6 is 0 Å². The fourth-order valence-electron chi connectivity index (χ4n) is 2.77. The van der Waals surface area contributed by atoms with Crippen molar-refractivity contribution in [2.45, 2.75) is 6.92 Å². The first kappa shape index (κ1) is 16.6. The predicted octanol–water partition coefficient (Wildman–Crippen LogP) is 1.72. The molecule has 4 aromatic rings. The number of hydrogen-bond donors (Lipinski definition) is 2. The summed E-state index contributed by atoms with van der Waals surface area (Å²) in [6.07, 6.45) is 1.28. The first-order valence-corrected chi connectivity index (χ1v) is 7.96. The lowest BCUT2D eigenvalue weighted by Crippen LogP contribution is -2.15. The van der Waals surface area contributed by atoms with E-state index in [1.54, 1.807) is 12.1 Å². The Hall–Kier alpha value is -3.88. The molecule has 0 spiro atoms. The van der Waals surface area contributed by atoms with Gasteiger partial charge in [-0.1, -0.05) is 17.7 Å². The maximum Gasteiger partial charge on any atom is 0.332 e. The number of carbonyl (C=O) groups is 1. The monoisotopic (exact) mass is 364 g/mol. The summed E-state index contributed by atoms with van der Waals surface area (Å²) in [5, 5.41) is 0. The number of benzene rings is 1. The fraction of sp³-hybridized carbons (Fsp3) is 0.0556. The highest BCUT2D eigenvalue weighted by molar-refractivity contribution is 6.02. The van der Waals surface area contributed by atoms with Crippen LogP contribution in [-0.4, -0.2) is 30.4 Å². The van der Waals surface area contributed by atoms with E-state index in [9.17, 15) is 14.0 Å². The summed E-state index contributed by atoms with van der Waals surface area (Å²) >= 11 is 0. The molecule has 0 saturated heterocycles. The van der Waals surface area contributed by atoms with Crippen LogP contribution in [0, 0.1) is 12.9 Å². The summed E-state index contributed by atoms with van der Waals surface area (Å²) in [6.45, 7) is 1.92. The number of nitrogens with zero attached hydrogens (tertiary/aromatic N) is 4. The second-order valence-corrected chi connectivity index (χ2v) is 5.90. The van der Waals surface area contributed by atoms with Gasteiger partial charge < -0.3 is 10.7 Å². The van der Waals surface area contributed by atoms with Crippen molar-refractivity contribution in [3.63, 3.8) is 0 Å². The van der Waals surface area contributed by atoms with Crippen LogP contribution in [0.5, 0.6) is 0 Å². The Balaban J connectivity index is 2.08. The Morgan fingerprint density at radius 3 is 2.59 bits per heavy atom. The maximum absolute atomic E-state index is 14.1. The molecule has 0 aliphatic heterocycles. The van der Waals surface area contributed by atoms with Gasteiger partial charge in [-0.15, -0.1) is 0 Å². The zero-order valence-corrected chi connectivity index (χ0v) is 14.1. The first-order valence-electron chi connectivity index (χ1n) is 7.96. The molecule has 3 N–H and O–H groups in total. The van der Waals surface area contributed by atoms with E-state index in [1.807, 2.05) is 19.1 Å². The molecule has 4 rings (SSSR count). The summed E-state index contributed by atoms with van der Waals surface area (Å²) in [6, 6.07) is 10.1. The number of halogens is 1. The number of fused-ring (bicyclic) bond motifs is 1. The number of aromatic amines is 1. The summed E-state index contributed by atoms with van der Waals surface area (Å²) in [5.41, 5.74) is 6.42. The molecule has 1 amide bonds. The summed E-state index contributed by atoms with van der Waals surface area (Å²) in [4.78, 5) is 38.9. The normalized spacial score (nSPS) is 11.0. The van der Waals surface area contributed by atoms with E-state index in [1.165, 1.54) is 22.9 Å². The molecule has 1 aromatic carbocycles. The Morgan fingerprint density at radius 1 is 1.19 bits per heavy atom. The van der Waals surface area contributed by atoms with Crippen molar-refractivity contribution >= 4 is 17.1 Å². The van der Waals surface area contributed by atoms with Crippen LogP contribution in [0.1, 0.15) is 16.1 Å². The fourth-order valence-corrected chi connectivity index (χ4v) is 2.77. The number of primary amides is 1. The van der Waals surface area contributed by atoms with E-state index in [2.05, 4.69) is 19.9 Å². The SMILES string of the molecule is Cc1ccc(-n2c(=O)[nH]c3c(C(N)=O)nc(-c4cccnc4F)nc32)cc1. The van der Waals surface area contributed by atoms with Gasteiger partial charge in [0.1, 0.15) is 5.52 Å². The summed E-state index contributed by atoms with van der Waals surface area (Å²) < 4.78 is 15.4. The van der Waals surface area contributed by atoms with E-state index in [-0.39, 0.29) is 28.2 Å². The molecule has 0 aliphatic rings. The van der Waals surface area contributed by atoms with Gasteiger partial charge in [-0.2, -0.15) is 4.39 Å². The number of nitrogens with two attached hydrogens (primary N) is 1. The molecule has 3 heterocycles. The molecule has 0 saturated carbocycles. The third kappa shape index (κ3) is 2.74. The van der Waals surface area contributed by atoms with E-state index >= 15 is 0 Å². The Bertz CT molecular complexity index is 1240. The molecule has 0 fully saturated rings. The smallest absolute Gasteiger partial charge is 0.332 e. The zero-order chi connectivity index (χ0) is 19.1. The minimum absolute atomic E-state index is 0.00833. The van der Waals surface area contributed by atoms with Crippen molar-refractivity contribution in [3.8, 4) is 17.1 Å². The molecule has 0 unspecified atom stereocenters. The third-order valence-corrected chi connectivity index (χ3v) is 4.06. The highest BCUT2D eigenvalue weighted by Crippen LogP contribution is 2.23. The molecular formula is C18H13FN6O2. The zero-order valence-electron chi connectivity index (χ0n) is 14.1. The number of aryl methyl sites for hydroxylation is 1. The van der Waals surface area contributed by atoms with Gasteiger partial charge in [-0.25, -0.2) is 24.3 Å². The van der Waals surface area contributed by atoms with Gasteiger partial charge in [-0.3, -0.25) is 4.79 Å². The predicted molar refractivity (Wildman–Crippen MR) is 95.9 cm³/mol. The number of carbonyl (C=O) groups excluding carboxylic acids is 1. The molecule has 27 heavy (non-hydrogen) atoms. The van der Waals surface area contributed by atoms with Gasteiger partial charge >= 0.3 is 5.69 Å². The van der Waals surface area contributed by atoms with Crippen molar-refractivity contribution < 1.29 is 9.18 Å². The lowest BCUT2D eigenvalue weighted by atomic mass is 10.2. The number of aromatic nitrogens is 5. The van der Waals surface area contributed by atoms with Crippen molar-refractivity contribution in [3.05, 3.63) is 70.3 Å². The minimum Gasteiger partial charge on any atom is -0.364 e. The number of rotatable bonds is 3. The molecular weight excluding hydrogens is 351 g/mol. The molecule has 8 nitrogen and oxygen atoms in total. The molecule has 9 heteroatoms. The van der Waals surface area contributed by atoms with Crippen molar-refractivity contribution in [1.29, 1.82) is 0 Å². The largest absolute Gasteiger partial charge is 0.364 e. The van der Waals surface area contributed by atoms with Crippen molar-refractivity contribution in [2.75, 3.05) is 0 Å². The van der Waals surface area contributed by atoms with Crippen molar-refractivity contribution in [2.24, 2.45) is 5.73 Å². The second kappa shape index (κ2) is 6.13. The quantitative estimate of drug-likeness (QED) is 0.536. The van der Waals surface area contributed by atoms with Crippen LogP contribution in [-0.2, 0) is 0 Å². The Morgan fingerprint density at radius 2 is 1.93 bits per heavy atom. The first-order chi connectivity index (χ1) is 13.0. The van der Waals surface area contributed by atoms with Gasteiger partial charge in [-0.05, 0) is 31.2 Å². The van der Waals surface area contributed by atoms with Gasteiger partial charge in [0.25, 0.3) is 5.91 Å². The van der Waals surface area contributed by atoms with Gasteiger partial charge in [0.15, 0.2) is 17.2 Å². The standard InChI is InChI=1S/C18H13FN6O2/c1-9-4-6-10(7-5-9)25-17-13(23-18(25)27)12(15(20)26)22-16(24-17)11-3-2-8-21-14(11)19/h2-8H,1H3,(H2,20,26)(H,23,27). The maximum atomic E-state index is 14.1. The molecule has 0 aliphatic carbocycles. The number of pyridine rings is 1. The molecule has 3 aromatic heterocycles. The number of hydrogen-bond acceptors (Lipinski definition) is 5. The Kier molecular flexibility index (Phi) is 3.76. The van der Waals surface area contributed by atoms with Gasteiger partial charge in [0.05, 0.1) is 11.3 Å². The lowest BCUT2D eigenvalue weighted by molar-refractivity contribution is 0.0997. The van der Waals surface area contributed by atoms with E-state index in [0.717, 1.165) is 5.56 Å². The average Bonchev–Trinajstić information content (AvgIpc) is 2.97. The van der Waals surface area contributed by atoms with Crippen LogP contribution in [0.25, 0.3) is 28.2 Å². The highest BCUT2D eigenvalue weighted by Gasteiger charge is 2.21. The van der Waals surface area contributed by atoms with Crippen LogP contribution in [0.3, 0.4) is 0 Å². The van der Waals surface area contributed by atoms with Crippen molar-refractivity contribution in [1.82, 2.24) is 24.5 Å². The molecule has 0 bridgehead atoms. The number of nitrogens with one attached hydrogen (secondary N) is 1. The molecule has 0 atom stereocenters. The highest BCUT2D eigenvalue weighted by atomic mass is 19.1. The second-order valence-electron chi connectivity index (χ2n) is 5.90. The van der Waals surface area contributed by atoms with E-state index in [0.29, 0.717) is 5.69 Å². The molecule has 134 valence electrons. The van der Waals surface area contributed by atoms with Crippen LogP contribution < -0.4 is 11.4 Å². The summed E-state index contributed by atoms with van der Waals surface area (Å²) in [7, 11) is 0. The van der Waals surface area contributed by atoms with Crippen LogP contribution in [0.15, 0.2) is 47.4 Å². The van der Waals surface area contributed by atoms with E-state index in [4.69, 9.17) is 5.73 Å². The molecule has 0 radical (unpaired) electrons. The average molecular weight is 364 g/mol. The Labute approximate surface area is 151 Å². The van der Waals surface area contributed by atoms with Crippen LogP contribution in [0.2, 0.25) is 0 Å². The number of imidazole rings is 1. The lowest BCUT2D eigenvalue weighted by Gasteiger charge is -2.07. The minimum atomic E-state index is -0.870.